The molecule has 0 aliphatic rings. The highest BCUT2D eigenvalue weighted by Crippen LogP contribution is 2.38. The summed E-state index contributed by atoms with van der Waals surface area (Å²) in [6, 6.07) is 64.7. The van der Waals surface area contributed by atoms with Crippen molar-refractivity contribution in [1.29, 1.82) is 0 Å². The largest absolute Gasteiger partial charge is 0.309 e. The van der Waals surface area contributed by atoms with Gasteiger partial charge in [0.1, 0.15) is 0 Å². The summed E-state index contributed by atoms with van der Waals surface area (Å²) in [7, 11) is 0. The molecular weight excluding hydrogens is 683 g/mol. The summed E-state index contributed by atoms with van der Waals surface area (Å²) < 4.78 is 4.72. The molecule has 0 spiro atoms. The summed E-state index contributed by atoms with van der Waals surface area (Å²) in [5, 5.41) is 3.59. The monoisotopic (exact) mass is 715 g/mol. The van der Waals surface area contributed by atoms with Crippen LogP contribution in [0.25, 0.3) is 99.9 Å². The number of benzene rings is 6. The quantitative estimate of drug-likeness (QED) is 0.172. The van der Waals surface area contributed by atoms with E-state index >= 15 is 0 Å². The smallest absolute Gasteiger partial charge is 0.0963 e. The minimum Gasteiger partial charge on any atom is -0.309 e. The zero-order valence-electron chi connectivity index (χ0n) is 30.3. The third-order valence-electron chi connectivity index (χ3n) is 10.9. The fourth-order valence-electron chi connectivity index (χ4n) is 8.25. The number of rotatable bonds is 6. The predicted octanol–water partition coefficient (Wildman–Crippen LogP) is 12.7. The Morgan fingerprint density at radius 3 is 1.50 bits per heavy atom. The first kappa shape index (κ1) is 31.9. The summed E-state index contributed by atoms with van der Waals surface area (Å²) in [4.78, 5) is 14.1. The van der Waals surface area contributed by atoms with Gasteiger partial charge in [-0.2, -0.15) is 0 Å². The van der Waals surface area contributed by atoms with E-state index in [1.54, 1.807) is 0 Å². The Bertz CT molecular complexity index is 3160. The third kappa shape index (κ3) is 5.29. The maximum Gasteiger partial charge on any atom is 0.0963 e. The van der Waals surface area contributed by atoms with Crippen LogP contribution in [0.2, 0.25) is 0 Å². The lowest BCUT2D eigenvalue weighted by atomic mass is 9.96. The number of hydrogen-bond donors (Lipinski definition) is 0. The number of nitrogens with zero attached hydrogens (tertiary/aromatic N) is 5. The predicted molar refractivity (Wildman–Crippen MR) is 230 cm³/mol. The molecule has 0 radical (unpaired) electrons. The Morgan fingerprint density at radius 2 is 0.804 bits per heavy atom. The molecule has 0 unspecified atom stereocenters. The van der Waals surface area contributed by atoms with Crippen LogP contribution in [0.3, 0.4) is 0 Å². The maximum atomic E-state index is 4.80. The highest BCUT2D eigenvalue weighted by molar-refractivity contribution is 6.11. The van der Waals surface area contributed by atoms with Crippen LogP contribution >= 0.6 is 0 Å². The molecule has 0 saturated carbocycles. The number of para-hydroxylation sites is 2. The molecule has 0 atom stereocenters. The van der Waals surface area contributed by atoms with Gasteiger partial charge in [-0.05, 0) is 125 Å². The lowest BCUT2D eigenvalue weighted by Crippen LogP contribution is -1.95. The zero-order valence-corrected chi connectivity index (χ0v) is 30.3. The van der Waals surface area contributed by atoms with E-state index in [0.29, 0.717) is 0 Å². The Balaban J connectivity index is 1.04. The molecule has 6 aromatic carbocycles. The minimum absolute atomic E-state index is 0.932. The van der Waals surface area contributed by atoms with E-state index in [0.717, 1.165) is 83.6 Å². The molecule has 5 aromatic heterocycles. The second-order valence-corrected chi connectivity index (χ2v) is 14.1. The fourth-order valence-corrected chi connectivity index (χ4v) is 8.25. The number of hydrogen-bond acceptors (Lipinski definition) is 3. The summed E-state index contributed by atoms with van der Waals surface area (Å²) in [5.41, 5.74) is 16.3. The zero-order chi connectivity index (χ0) is 37.0. The van der Waals surface area contributed by atoms with Crippen molar-refractivity contribution in [1.82, 2.24) is 24.1 Å². The summed E-state index contributed by atoms with van der Waals surface area (Å²) >= 11 is 0. The minimum atomic E-state index is 0.932. The van der Waals surface area contributed by atoms with Crippen LogP contribution in [0, 0.1) is 0 Å². The van der Waals surface area contributed by atoms with Crippen LogP contribution in [-0.4, -0.2) is 24.1 Å². The highest BCUT2D eigenvalue weighted by atomic mass is 15.0. The first-order valence-electron chi connectivity index (χ1n) is 18.8. The van der Waals surface area contributed by atoms with E-state index < -0.39 is 0 Å². The molecule has 0 saturated heterocycles. The van der Waals surface area contributed by atoms with Crippen LogP contribution in [0.15, 0.2) is 201 Å². The lowest BCUT2D eigenvalue weighted by molar-refractivity contribution is 1.17. The van der Waals surface area contributed by atoms with Crippen molar-refractivity contribution in [3.05, 3.63) is 201 Å². The molecule has 5 nitrogen and oxygen atoms in total. The van der Waals surface area contributed by atoms with E-state index in [1.807, 2.05) is 48.9 Å². The normalized spacial score (nSPS) is 11.6. The average molecular weight is 716 g/mol. The van der Waals surface area contributed by atoms with Crippen LogP contribution in [0.5, 0.6) is 0 Å². The molecule has 11 rings (SSSR count). The third-order valence-corrected chi connectivity index (χ3v) is 10.9. The van der Waals surface area contributed by atoms with Gasteiger partial charge in [0, 0.05) is 57.3 Å². The topological polar surface area (TPSA) is 48.5 Å². The Morgan fingerprint density at radius 1 is 0.286 bits per heavy atom. The molecule has 56 heavy (non-hydrogen) atoms. The van der Waals surface area contributed by atoms with Crippen molar-refractivity contribution >= 4 is 43.7 Å². The second kappa shape index (κ2) is 13.0. The summed E-state index contributed by atoms with van der Waals surface area (Å²) in [5.74, 6) is 0. The lowest BCUT2D eigenvalue weighted by Gasteiger charge is -2.13. The molecule has 0 fully saturated rings. The van der Waals surface area contributed by atoms with Gasteiger partial charge in [-0.1, -0.05) is 78.9 Å². The number of aromatic nitrogens is 5. The van der Waals surface area contributed by atoms with Gasteiger partial charge in [0.05, 0.1) is 39.0 Å². The van der Waals surface area contributed by atoms with Crippen molar-refractivity contribution in [3.8, 4) is 56.1 Å². The molecule has 262 valence electrons. The van der Waals surface area contributed by atoms with Gasteiger partial charge >= 0.3 is 0 Å². The number of pyridine rings is 3. The standard InChI is InChI=1S/C51H33N5/c1-2-11-40(12-3-1)56-48-17-10-28-54-51(48)44-25-21-36(33-50(44)56)35-20-24-43-42-13-4-5-16-47(42)55(49(43)32-35)41-22-18-34(19-23-41)37-29-38(45-14-6-8-26-52-45)31-39(30-37)46-15-7-9-27-53-46/h1-33H. The molecular formula is C51H33N5. The molecule has 0 N–H and O–H groups in total. The van der Waals surface area contributed by atoms with Crippen LogP contribution in [-0.2, 0) is 0 Å². The van der Waals surface area contributed by atoms with Gasteiger partial charge in [-0.3, -0.25) is 15.0 Å². The molecule has 0 aliphatic heterocycles. The Hall–Kier alpha value is -7.63. The molecule has 11 aromatic rings. The summed E-state index contributed by atoms with van der Waals surface area (Å²) in [6.07, 6.45) is 5.56. The van der Waals surface area contributed by atoms with Gasteiger partial charge in [-0.15, -0.1) is 0 Å². The van der Waals surface area contributed by atoms with Crippen molar-refractivity contribution < 1.29 is 0 Å². The molecule has 5 heteroatoms. The van der Waals surface area contributed by atoms with Crippen LogP contribution in [0.4, 0.5) is 0 Å². The van der Waals surface area contributed by atoms with E-state index in [-0.39, 0.29) is 0 Å². The first-order valence-corrected chi connectivity index (χ1v) is 18.8. The van der Waals surface area contributed by atoms with E-state index in [4.69, 9.17) is 4.98 Å². The SMILES string of the molecule is c1ccc(-n2c3cc(-c4ccc5c6ccccc6n(-c6ccc(-c7cc(-c8ccccn8)cc(-c8ccccn8)c7)cc6)c5c4)ccc3c3ncccc32)cc1. The van der Waals surface area contributed by atoms with Gasteiger partial charge < -0.3 is 9.13 Å². The van der Waals surface area contributed by atoms with E-state index in [1.165, 1.54) is 16.3 Å². The van der Waals surface area contributed by atoms with Gasteiger partial charge in [-0.25, -0.2) is 0 Å². The second-order valence-electron chi connectivity index (χ2n) is 14.1. The summed E-state index contributed by atoms with van der Waals surface area (Å²) in [6.45, 7) is 0. The Labute approximate surface area is 323 Å². The van der Waals surface area contributed by atoms with Crippen LogP contribution < -0.4 is 0 Å². The van der Waals surface area contributed by atoms with Gasteiger partial charge in [0.2, 0.25) is 0 Å². The molecule has 5 heterocycles. The maximum absolute atomic E-state index is 4.80. The molecule has 0 aliphatic carbocycles. The van der Waals surface area contributed by atoms with Crippen molar-refractivity contribution in [2.24, 2.45) is 0 Å². The Kier molecular flexibility index (Phi) is 7.42. The molecule has 0 amide bonds. The van der Waals surface area contributed by atoms with Crippen molar-refractivity contribution in [2.75, 3.05) is 0 Å². The van der Waals surface area contributed by atoms with Crippen molar-refractivity contribution in [3.63, 3.8) is 0 Å². The molecule has 0 bridgehead atoms. The fraction of sp³-hybridized carbons (Fsp3) is 0. The highest BCUT2D eigenvalue weighted by Gasteiger charge is 2.17. The average Bonchev–Trinajstić information content (AvgIpc) is 3.79. The van der Waals surface area contributed by atoms with Crippen LogP contribution in [0.1, 0.15) is 0 Å². The van der Waals surface area contributed by atoms with Crippen molar-refractivity contribution in [2.45, 2.75) is 0 Å². The number of fused-ring (bicyclic) bond motifs is 6. The van der Waals surface area contributed by atoms with Gasteiger partial charge in [0.15, 0.2) is 0 Å². The van der Waals surface area contributed by atoms with E-state index in [2.05, 4.69) is 171 Å². The first-order chi connectivity index (χ1) is 27.8. The van der Waals surface area contributed by atoms with Gasteiger partial charge in [0.25, 0.3) is 0 Å². The van der Waals surface area contributed by atoms with E-state index in [9.17, 15) is 0 Å².